The highest BCUT2D eigenvalue weighted by atomic mass is 35.5. The van der Waals surface area contributed by atoms with Crippen LogP contribution in [0.2, 0.25) is 5.02 Å². The third-order valence-corrected chi connectivity index (χ3v) is 3.24. The van der Waals surface area contributed by atoms with Crippen LogP contribution in [0.4, 0.5) is 10.1 Å². The summed E-state index contributed by atoms with van der Waals surface area (Å²) in [6.07, 6.45) is 0. The molecule has 5 heteroatoms. The molecule has 0 saturated carbocycles. The van der Waals surface area contributed by atoms with Gasteiger partial charge in [0.05, 0.1) is 10.6 Å². The molecule has 0 fully saturated rings. The number of rotatable bonds is 3. The minimum absolute atomic E-state index is 0.0221. The Morgan fingerprint density at radius 3 is 2.70 bits per heavy atom. The van der Waals surface area contributed by atoms with E-state index < -0.39 is 11.8 Å². The first-order valence-electron chi connectivity index (χ1n) is 5.94. The number of carbonyl (C=O) groups excluding carboxylic acids is 1. The average molecular weight is 294 g/mol. The molecule has 20 heavy (non-hydrogen) atoms. The molecule has 2 aromatic carbocycles. The number of nitrogens with two attached hydrogens (primary N) is 1. The van der Waals surface area contributed by atoms with Gasteiger partial charge in [-0.1, -0.05) is 23.7 Å². The van der Waals surface area contributed by atoms with Crippen LogP contribution in [0.15, 0.2) is 36.4 Å². The van der Waals surface area contributed by atoms with Crippen LogP contribution < -0.4 is 5.73 Å². The van der Waals surface area contributed by atoms with Crippen molar-refractivity contribution < 1.29 is 13.9 Å². The summed E-state index contributed by atoms with van der Waals surface area (Å²) >= 11 is 5.85. The summed E-state index contributed by atoms with van der Waals surface area (Å²) in [6.45, 7) is 1.83. The van der Waals surface area contributed by atoms with Crippen molar-refractivity contribution in [2.75, 3.05) is 5.73 Å². The Balaban J connectivity index is 2.06. The largest absolute Gasteiger partial charge is 0.457 e. The van der Waals surface area contributed by atoms with Gasteiger partial charge in [0.2, 0.25) is 0 Å². The predicted molar refractivity (Wildman–Crippen MR) is 76.1 cm³/mol. The number of ether oxygens (including phenoxy) is 1. The quantitative estimate of drug-likeness (QED) is 0.693. The van der Waals surface area contributed by atoms with E-state index in [4.69, 9.17) is 22.1 Å². The van der Waals surface area contributed by atoms with Gasteiger partial charge in [-0.25, -0.2) is 9.18 Å². The Bertz CT molecular complexity index is 658. The van der Waals surface area contributed by atoms with E-state index >= 15 is 0 Å². The number of nitrogen functional groups attached to an aromatic ring is 1. The molecule has 0 bridgehead atoms. The molecule has 0 aliphatic heterocycles. The van der Waals surface area contributed by atoms with E-state index in [-0.39, 0.29) is 11.6 Å². The zero-order valence-electron chi connectivity index (χ0n) is 10.8. The summed E-state index contributed by atoms with van der Waals surface area (Å²) in [7, 11) is 0. The van der Waals surface area contributed by atoms with Gasteiger partial charge in [-0.05, 0) is 36.8 Å². The number of benzene rings is 2. The average Bonchev–Trinajstić information content (AvgIpc) is 2.40. The molecule has 0 radical (unpaired) electrons. The van der Waals surface area contributed by atoms with Gasteiger partial charge < -0.3 is 10.5 Å². The zero-order chi connectivity index (χ0) is 14.7. The van der Waals surface area contributed by atoms with E-state index in [0.29, 0.717) is 16.8 Å². The molecule has 104 valence electrons. The van der Waals surface area contributed by atoms with Crippen molar-refractivity contribution in [3.05, 3.63) is 63.9 Å². The lowest BCUT2D eigenvalue weighted by Crippen LogP contribution is -2.06. The van der Waals surface area contributed by atoms with Crippen molar-refractivity contribution >= 4 is 23.3 Å². The summed E-state index contributed by atoms with van der Waals surface area (Å²) in [5.41, 5.74) is 8.06. The second-order valence-electron chi connectivity index (χ2n) is 4.38. The standard InChI is InChI=1S/C15H13ClFNO2/c1-9-2-3-10(6-14(9)18)15(19)20-8-11-4-5-12(17)7-13(11)16/h2-7H,8,18H2,1H3. The Hall–Kier alpha value is -2.07. The lowest BCUT2D eigenvalue weighted by atomic mass is 10.1. The summed E-state index contributed by atoms with van der Waals surface area (Å²) in [4.78, 5) is 11.9. The molecule has 0 aromatic heterocycles. The van der Waals surface area contributed by atoms with Crippen LogP contribution in [0.5, 0.6) is 0 Å². The number of carbonyl (C=O) groups is 1. The van der Waals surface area contributed by atoms with Crippen LogP contribution in [0, 0.1) is 12.7 Å². The maximum Gasteiger partial charge on any atom is 0.338 e. The Morgan fingerprint density at radius 2 is 2.05 bits per heavy atom. The van der Waals surface area contributed by atoms with Gasteiger partial charge in [0.25, 0.3) is 0 Å². The minimum Gasteiger partial charge on any atom is -0.457 e. The summed E-state index contributed by atoms with van der Waals surface area (Å²) in [5.74, 6) is -0.937. The normalized spacial score (nSPS) is 10.3. The lowest BCUT2D eigenvalue weighted by molar-refractivity contribution is 0.0473. The van der Waals surface area contributed by atoms with Gasteiger partial charge >= 0.3 is 5.97 Å². The molecule has 0 heterocycles. The van der Waals surface area contributed by atoms with Crippen LogP contribution >= 0.6 is 11.6 Å². The van der Waals surface area contributed by atoms with E-state index in [1.54, 1.807) is 18.2 Å². The summed E-state index contributed by atoms with van der Waals surface area (Å²) in [5, 5.41) is 0.223. The molecule has 0 aliphatic rings. The molecule has 2 aromatic rings. The highest BCUT2D eigenvalue weighted by Crippen LogP contribution is 2.19. The first-order valence-corrected chi connectivity index (χ1v) is 6.32. The Morgan fingerprint density at radius 1 is 1.30 bits per heavy atom. The van der Waals surface area contributed by atoms with Crippen molar-refractivity contribution in [2.24, 2.45) is 0 Å². The highest BCUT2D eigenvalue weighted by molar-refractivity contribution is 6.31. The van der Waals surface area contributed by atoms with E-state index in [2.05, 4.69) is 0 Å². The van der Waals surface area contributed by atoms with Gasteiger partial charge in [0.1, 0.15) is 12.4 Å². The summed E-state index contributed by atoms with van der Waals surface area (Å²) in [6, 6.07) is 8.86. The minimum atomic E-state index is -0.503. The maximum atomic E-state index is 12.9. The first kappa shape index (κ1) is 14.3. The van der Waals surface area contributed by atoms with E-state index in [1.165, 1.54) is 18.2 Å². The number of hydrogen-bond donors (Lipinski definition) is 1. The molecule has 0 atom stereocenters. The van der Waals surface area contributed by atoms with Gasteiger partial charge in [-0.3, -0.25) is 0 Å². The van der Waals surface area contributed by atoms with Crippen molar-refractivity contribution in [1.29, 1.82) is 0 Å². The van der Waals surface area contributed by atoms with Crippen molar-refractivity contribution in [2.45, 2.75) is 13.5 Å². The third kappa shape index (κ3) is 3.27. The summed E-state index contributed by atoms with van der Waals surface area (Å²) < 4.78 is 18.0. The molecule has 0 unspecified atom stereocenters. The highest BCUT2D eigenvalue weighted by Gasteiger charge is 2.10. The third-order valence-electron chi connectivity index (χ3n) is 2.89. The van der Waals surface area contributed by atoms with E-state index in [0.717, 1.165) is 5.56 Å². The number of aryl methyl sites for hydroxylation is 1. The van der Waals surface area contributed by atoms with Gasteiger partial charge in [-0.15, -0.1) is 0 Å². The maximum absolute atomic E-state index is 12.9. The van der Waals surface area contributed by atoms with Crippen LogP contribution in [0.3, 0.4) is 0 Å². The van der Waals surface area contributed by atoms with Crippen molar-refractivity contribution in [3.63, 3.8) is 0 Å². The number of halogens is 2. The molecule has 0 saturated heterocycles. The fraction of sp³-hybridized carbons (Fsp3) is 0.133. The monoisotopic (exact) mass is 293 g/mol. The molecule has 2 rings (SSSR count). The first-order chi connectivity index (χ1) is 9.47. The second kappa shape index (κ2) is 5.92. The molecule has 2 N–H and O–H groups in total. The lowest BCUT2D eigenvalue weighted by Gasteiger charge is -2.08. The number of hydrogen-bond acceptors (Lipinski definition) is 3. The van der Waals surface area contributed by atoms with Crippen molar-refractivity contribution in [1.82, 2.24) is 0 Å². The van der Waals surface area contributed by atoms with Crippen LogP contribution in [0.25, 0.3) is 0 Å². The van der Waals surface area contributed by atoms with Gasteiger partial charge in [0, 0.05) is 11.3 Å². The molecule has 3 nitrogen and oxygen atoms in total. The van der Waals surface area contributed by atoms with Gasteiger partial charge in [-0.2, -0.15) is 0 Å². The molecule has 0 spiro atoms. The van der Waals surface area contributed by atoms with E-state index in [9.17, 15) is 9.18 Å². The Labute approximate surface area is 121 Å². The van der Waals surface area contributed by atoms with Crippen LogP contribution in [0.1, 0.15) is 21.5 Å². The number of esters is 1. The predicted octanol–water partition coefficient (Wildman–Crippen LogP) is 3.73. The van der Waals surface area contributed by atoms with Crippen LogP contribution in [-0.2, 0) is 11.3 Å². The van der Waals surface area contributed by atoms with E-state index in [1.807, 2.05) is 6.92 Å². The topological polar surface area (TPSA) is 52.3 Å². The fourth-order valence-electron chi connectivity index (χ4n) is 1.63. The second-order valence-corrected chi connectivity index (χ2v) is 4.79. The Kier molecular flexibility index (Phi) is 4.25. The van der Waals surface area contributed by atoms with Crippen molar-refractivity contribution in [3.8, 4) is 0 Å². The molecule has 0 amide bonds. The smallest absolute Gasteiger partial charge is 0.338 e. The molecular weight excluding hydrogens is 281 g/mol. The SMILES string of the molecule is Cc1ccc(C(=O)OCc2ccc(F)cc2Cl)cc1N. The molecule has 0 aliphatic carbocycles. The molecular formula is C15H13ClFNO2. The number of anilines is 1. The zero-order valence-corrected chi connectivity index (χ0v) is 11.6. The fourth-order valence-corrected chi connectivity index (χ4v) is 1.85. The van der Waals surface area contributed by atoms with Gasteiger partial charge in [0.15, 0.2) is 0 Å². The van der Waals surface area contributed by atoms with Crippen LogP contribution in [-0.4, -0.2) is 5.97 Å².